The van der Waals surface area contributed by atoms with Gasteiger partial charge in [-0.3, -0.25) is 10.1 Å². The summed E-state index contributed by atoms with van der Waals surface area (Å²) in [6.07, 6.45) is -3.11. The third kappa shape index (κ3) is 2.73. The zero-order valence-corrected chi connectivity index (χ0v) is 9.90. The number of hydrogen-bond donors (Lipinski definition) is 0. The lowest BCUT2D eigenvalue weighted by Gasteiger charge is -2.05. The van der Waals surface area contributed by atoms with E-state index in [1.54, 1.807) is 0 Å². The SMILES string of the molecule is COC(=O)c1cc([N+](=O)[O-])c(C(F)F)nc1Br. The second-order valence-corrected chi connectivity index (χ2v) is 3.53. The highest BCUT2D eigenvalue weighted by atomic mass is 79.9. The summed E-state index contributed by atoms with van der Waals surface area (Å²) in [4.78, 5) is 24.0. The summed E-state index contributed by atoms with van der Waals surface area (Å²) < 4.78 is 29.1. The average Bonchev–Trinajstić information content (AvgIpc) is 2.27. The fourth-order valence-electron chi connectivity index (χ4n) is 1.05. The molecule has 0 atom stereocenters. The van der Waals surface area contributed by atoms with E-state index in [1.807, 2.05) is 0 Å². The van der Waals surface area contributed by atoms with Crippen molar-refractivity contribution in [2.45, 2.75) is 6.43 Å². The predicted octanol–water partition coefficient (Wildman–Crippen LogP) is 2.48. The number of carbonyl (C=O) groups excluding carboxylic acids is 1. The van der Waals surface area contributed by atoms with Crippen molar-refractivity contribution in [3.8, 4) is 0 Å². The first-order valence-electron chi connectivity index (χ1n) is 4.09. The summed E-state index contributed by atoms with van der Waals surface area (Å²) in [7, 11) is 1.06. The van der Waals surface area contributed by atoms with Gasteiger partial charge in [0.05, 0.1) is 17.6 Å². The topological polar surface area (TPSA) is 82.3 Å². The molecule has 0 amide bonds. The van der Waals surface area contributed by atoms with Gasteiger partial charge in [-0.15, -0.1) is 0 Å². The second kappa shape index (κ2) is 5.13. The van der Waals surface area contributed by atoms with Crippen molar-refractivity contribution in [2.24, 2.45) is 0 Å². The van der Waals surface area contributed by atoms with Crippen LogP contribution in [0.2, 0.25) is 0 Å². The normalized spacial score (nSPS) is 10.4. The van der Waals surface area contributed by atoms with E-state index < -0.39 is 28.7 Å². The number of rotatable bonds is 3. The molecular formula is C8H5BrF2N2O4. The summed E-state index contributed by atoms with van der Waals surface area (Å²) in [6.45, 7) is 0. The smallest absolute Gasteiger partial charge is 0.340 e. The number of carbonyl (C=O) groups is 1. The van der Waals surface area contributed by atoms with Gasteiger partial charge in [-0.05, 0) is 15.9 Å². The Morgan fingerprint density at radius 3 is 2.65 bits per heavy atom. The molecular weight excluding hydrogens is 306 g/mol. The number of pyridine rings is 1. The van der Waals surface area contributed by atoms with E-state index in [0.29, 0.717) is 6.07 Å². The lowest BCUT2D eigenvalue weighted by atomic mass is 10.2. The van der Waals surface area contributed by atoms with Gasteiger partial charge in [0.1, 0.15) is 4.60 Å². The van der Waals surface area contributed by atoms with Crippen molar-refractivity contribution in [1.82, 2.24) is 4.98 Å². The summed E-state index contributed by atoms with van der Waals surface area (Å²) in [5, 5.41) is 10.6. The van der Waals surface area contributed by atoms with Gasteiger partial charge < -0.3 is 4.74 Å². The molecule has 1 aromatic rings. The highest BCUT2D eigenvalue weighted by Gasteiger charge is 2.28. The summed E-state index contributed by atoms with van der Waals surface area (Å²) >= 11 is 2.77. The average molecular weight is 311 g/mol. The minimum atomic E-state index is -3.11. The molecule has 17 heavy (non-hydrogen) atoms. The summed E-state index contributed by atoms with van der Waals surface area (Å²) in [6, 6.07) is 0.699. The van der Waals surface area contributed by atoms with Gasteiger partial charge in [0, 0.05) is 6.07 Å². The van der Waals surface area contributed by atoms with Gasteiger partial charge in [0.15, 0.2) is 5.69 Å². The Bertz CT molecular complexity index is 481. The first kappa shape index (κ1) is 13.4. The second-order valence-electron chi connectivity index (χ2n) is 2.78. The van der Waals surface area contributed by atoms with E-state index in [2.05, 4.69) is 25.7 Å². The van der Waals surface area contributed by atoms with E-state index in [9.17, 15) is 23.7 Å². The molecule has 1 aromatic heterocycles. The molecule has 0 aliphatic heterocycles. The molecule has 0 N–H and O–H groups in total. The maximum atomic E-state index is 12.5. The van der Waals surface area contributed by atoms with Gasteiger partial charge in [-0.1, -0.05) is 0 Å². The Balaban J connectivity index is 3.45. The zero-order chi connectivity index (χ0) is 13.2. The van der Waals surface area contributed by atoms with Gasteiger partial charge in [0.25, 0.3) is 12.1 Å². The van der Waals surface area contributed by atoms with Crippen LogP contribution in [0.25, 0.3) is 0 Å². The van der Waals surface area contributed by atoms with Gasteiger partial charge in [-0.25, -0.2) is 18.6 Å². The largest absolute Gasteiger partial charge is 0.465 e. The van der Waals surface area contributed by atoms with Crippen molar-refractivity contribution in [3.05, 3.63) is 32.0 Å². The van der Waals surface area contributed by atoms with Crippen molar-refractivity contribution in [1.29, 1.82) is 0 Å². The maximum absolute atomic E-state index is 12.5. The van der Waals surface area contributed by atoms with E-state index in [0.717, 1.165) is 7.11 Å². The standard InChI is InChI=1S/C8H5BrF2N2O4/c1-17-8(14)3-2-4(13(15)16)5(7(10)11)12-6(3)9/h2,7H,1H3. The molecule has 92 valence electrons. The fourth-order valence-corrected chi connectivity index (χ4v) is 1.52. The van der Waals surface area contributed by atoms with E-state index in [4.69, 9.17) is 0 Å². The third-order valence-corrected chi connectivity index (χ3v) is 2.40. The van der Waals surface area contributed by atoms with Crippen LogP contribution in [0.15, 0.2) is 10.7 Å². The molecule has 0 bridgehead atoms. The number of alkyl halides is 2. The maximum Gasteiger partial charge on any atom is 0.340 e. The Kier molecular flexibility index (Phi) is 4.05. The first-order valence-corrected chi connectivity index (χ1v) is 4.89. The highest BCUT2D eigenvalue weighted by Crippen LogP contribution is 2.31. The molecule has 0 spiro atoms. The van der Waals surface area contributed by atoms with Gasteiger partial charge in [0.2, 0.25) is 0 Å². The minimum absolute atomic E-state index is 0.231. The van der Waals surface area contributed by atoms with E-state index >= 15 is 0 Å². The number of methoxy groups -OCH3 is 1. The number of ether oxygens (including phenoxy) is 1. The van der Waals surface area contributed by atoms with Crippen LogP contribution in [-0.4, -0.2) is 23.0 Å². The molecule has 0 aliphatic rings. The van der Waals surface area contributed by atoms with Crippen molar-refractivity contribution < 1.29 is 23.2 Å². The molecule has 0 aromatic carbocycles. The van der Waals surface area contributed by atoms with Crippen LogP contribution in [0.1, 0.15) is 22.5 Å². The number of aromatic nitrogens is 1. The molecule has 1 rings (SSSR count). The van der Waals surface area contributed by atoms with Crippen LogP contribution in [0, 0.1) is 10.1 Å². The fraction of sp³-hybridized carbons (Fsp3) is 0.250. The predicted molar refractivity (Wildman–Crippen MR) is 54.9 cm³/mol. The Hall–Kier alpha value is -1.64. The zero-order valence-electron chi connectivity index (χ0n) is 8.32. The summed E-state index contributed by atoms with van der Waals surface area (Å²) in [5.41, 5.74) is -2.22. The monoisotopic (exact) mass is 310 g/mol. The quantitative estimate of drug-likeness (QED) is 0.371. The molecule has 0 aliphatic carbocycles. The molecule has 6 nitrogen and oxygen atoms in total. The van der Waals surface area contributed by atoms with E-state index in [1.165, 1.54) is 0 Å². The third-order valence-electron chi connectivity index (χ3n) is 1.79. The van der Waals surface area contributed by atoms with Gasteiger partial charge >= 0.3 is 5.97 Å². The number of nitro groups is 1. The molecule has 0 saturated carbocycles. The van der Waals surface area contributed by atoms with Crippen LogP contribution in [0.5, 0.6) is 0 Å². The van der Waals surface area contributed by atoms with Crippen molar-refractivity contribution in [2.75, 3.05) is 7.11 Å². The van der Waals surface area contributed by atoms with E-state index in [-0.39, 0.29) is 10.2 Å². The van der Waals surface area contributed by atoms with Crippen molar-refractivity contribution in [3.63, 3.8) is 0 Å². The Morgan fingerprint density at radius 1 is 1.65 bits per heavy atom. The Labute approximate surface area is 102 Å². The van der Waals surface area contributed by atoms with Crippen LogP contribution >= 0.6 is 15.9 Å². The van der Waals surface area contributed by atoms with Crippen LogP contribution < -0.4 is 0 Å². The molecule has 0 saturated heterocycles. The number of halogens is 3. The first-order chi connectivity index (χ1) is 7.88. The lowest BCUT2D eigenvalue weighted by Crippen LogP contribution is -2.08. The number of hydrogen-bond acceptors (Lipinski definition) is 5. The highest BCUT2D eigenvalue weighted by molar-refractivity contribution is 9.10. The van der Waals surface area contributed by atoms with Crippen LogP contribution in [0.3, 0.4) is 0 Å². The lowest BCUT2D eigenvalue weighted by molar-refractivity contribution is -0.386. The van der Waals surface area contributed by atoms with Gasteiger partial charge in [-0.2, -0.15) is 0 Å². The minimum Gasteiger partial charge on any atom is -0.465 e. The molecule has 1 heterocycles. The molecule has 0 radical (unpaired) electrons. The molecule has 9 heteroatoms. The number of nitrogens with zero attached hydrogens (tertiary/aromatic N) is 2. The van der Waals surface area contributed by atoms with Crippen LogP contribution in [0.4, 0.5) is 14.5 Å². The number of esters is 1. The molecule has 0 unspecified atom stereocenters. The molecule has 0 fully saturated rings. The van der Waals surface area contributed by atoms with Crippen LogP contribution in [-0.2, 0) is 4.74 Å². The van der Waals surface area contributed by atoms with Crippen molar-refractivity contribution >= 4 is 27.6 Å². The Morgan fingerprint density at radius 2 is 2.24 bits per heavy atom. The summed E-state index contributed by atoms with van der Waals surface area (Å²) in [5.74, 6) is -0.909.